The first-order chi connectivity index (χ1) is 15.1. The molecule has 3 rings (SSSR count). The Morgan fingerprint density at radius 3 is 2.66 bits per heavy atom. The average molecular weight is 441 g/mol. The lowest BCUT2D eigenvalue weighted by Crippen LogP contribution is -2.32. The third-order valence-electron chi connectivity index (χ3n) is 8.60. The van der Waals surface area contributed by atoms with Gasteiger partial charge in [-0.2, -0.15) is 0 Å². The third kappa shape index (κ3) is 5.21. The van der Waals surface area contributed by atoms with Gasteiger partial charge in [0.15, 0.2) is 0 Å². The highest BCUT2D eigenvalue weighted by Gasteiger charge is 2.45. The third-order valence-corrected chi connectivity index (χ3v) is 8.60. The van der Waals surface area contributed by atoms with Crippen LogP contribution in [0.25, 0.3) is 0 Å². The van der Waals surface area contributed by atoms with Crippen LogP contribution in [0.4, 0.5) is 0 Å². The highest BCUT2D eigenvalue weighted by atomic mass is 16.3. The van der Waals surface area contributed by atoms with Gasteiger partial charge in [-0.15, -0.1) is 0 Å². The van der Waals surface area contributed by atoms with E-state index < -0.39 is 17.8 Å². The minimum Gasteiger partial charge on any atom is -0.393 e. The Bertz CT molecular complexity index is 810. The maximum Gasteiger partial charge on any atom is 0.0811 e. The average Bonchev–Trinajstić information content (AvgIpc) is 3.12. The molecule has 0 spiro atoms. The normalized spacial score (nSPS) is 34.9. The first kappa shape index (κ1) is 25.2. The fourth-order valence-electron chi connectivity index (χ4n) is 6.16. The van der Waals surface area contributed by atoms with Crippen molar-refractivity contribution in [3.05, 3.63) is 59.3 Å². The van der Waals surface area contributed by atoms with E-state index in [-0.39, 0.29) is 5.41 Å². The lowest BCUT2D eigenvalue weighted by atomic mass is 9.62. The quantitative estimate of drug-likeness (QED) is 0.414. The molecule has 3 heteroatoms. The summed E-state index contributed by atoms with van der Waals surface area (Å²) in [5, 5.41) is 30.8. The van der Waals surface area contributed by atoms with Crippen molar-refractivity contribution in [3.63, 3.8) is 0 Å². The molecular formula is C29H44O3. The van der Waals surface area contributed by atoms with Gasteiger partial charge in [-0.25, -0.2) is 0 Å². The first-order valence-electron chi connectivity index (χ1n) is 12.7. The molecule has 5 atom stereocenters. The largest absolute Gasteiger partial charge is 0.393 e. The van der Waals surface area contributed by atoms with Crippen molar-refractivity contribution in [2.24, 2.45) is 17.3 Å². The summed E-state index contributed by atoms with van der Waals surface area (Å²) < 4.78 is 0. The Morgan fingerprint density at radius 1 is 1.25 bits per heavy atom. The van der Waals surface area contributed by atoms with Gasteiger partial charge in [0, 0.05) is 6.42 Å². The van der Waals surface area contributed by atoms with E-state index in [0.29, 0.717) is 24.7 Å². The number of hydrogen-bond donors (Lipinski definition) is 3. The molecule has 0 heterocycles. The van der Waals surface area contributed by atoms with E-state index in [1.807, 2.05) is 0 Å². The van der Waals surface area contributed by atoms with Crippen LogP contribution in [-0.4, -0.2) is 33.1 Å². The van der Waals surface area contributed by atoms with Crippen molar-refractivity contribution in [1.29, 1.82) is 0 Å². The van der Waals surface area contributed by atoms with E-state index in [4.69, 9.17) is 0 Å². The van der Waals surface area contributed by atoms with Gasteiger partial charge in [-0.05, 0) is 79.8 Å². The van der Waals surface area contributed by atoms with E-state index >= 15 is 0 Å². The molecule has 0 amide bonds. The number of fused-ring (bicyclic) bond motifs is 1. The predicted molar refractivity (Wildman–Crippen MR) is 133 cm³/mol. The van der Waals surface area contributed by atoms with Gasteiger partial charge in [0.25, 0.3) is 0 Å². The molecule has 0 aromatic heterocycles. The molecule has 3 nitrogen and oxygen atoms in total. The number of rotatable bonds is 7. The number of allylic oxidation sites excluding steroid dienone is 6. The van der Waals surface area contributed by atoms with Crippen molar-refractivity contribution in [2.75, 3.05) is 0 Å². The molecular weight excluding hydrogens is 396 g/mol. The van der Waals surface area contributed by atoms with Gasteiger partial charge in [0.2, 0.25) is 0 Å². The highest BCUT2D eigenvalue weighted by Crippen LogP contribution is 2.56. The van der Waals surface area contributed by atoms with Crippen LogP contribution < -0.4 is 0 Å². The van der Waals surface area contributed by atoms with Crippen LogP contribution in [-0.2, 0) is 0 Å². The number of hydrogen-bond acceptors (Lipinski definition) is 3. The lowest BCUT2D eigenvalue weighted by Gasteiger charge is -2.42. The summed E-state index contributed by atoms with van der Waals surface area (Å²) in [7, 11) is 0. The lowest BCUT2D eigenvalue weighted by molar-refractivity contribution is 0.0352. The van der Waals surface area contributed by atoms with Gasteiger partial charge in [-0.1, -0.05) is 75.8 Å². The maximum atomic E-state index is 10.6. The minimum absolute atomic E-state index is 0.181. The van der Waals surface area contributed by atoms with Crippen molar-refractivity contribution >= 4 is 0 Å². The Balaban J connectivity index is 1.73. The molecule has 0 aromatic carbocycles. The van der Waals surface area contributed by atoms with Crippen molar-refractivity contribution in [2.45, 2.75) is 103 Å². The zero-order valence-electron chi connectivity index (χ0n) is 20.6. The molecule has 0 bridgehead atoms. The molecule has 5 unspecified atom stereocenters. The summed E-state index contributed by atoms with van der Waals surface area (Å²) in [6.07, 6.45) is 18.1. The zero-order valence-corrected chi connectivity index (χ0v) is 20.6. The number of aliphatic hydroxyl groups is 3. The van der Waals surface area contributed by atoms with Gasteiger partial charge in [0.05, 0.1) is 17.8 Å². The minimum atomic E-state index is -0.634. The van der Waals surface area contributed by atoms with E-state index in [1.165, 1.54) is 18.4 Å². The molecule has 2 saturated carbocycles. The predicted octanol–water partition coefficient (Wildman–Crippen LogP) is 6.18. The van der Waals surface area contributed by atoms with Gasteiger partial charge < -0.3 is 15.3 Å². The van der Waals surface area contributed by atoms with Crippen molar-refractivity contribution in [3.8, 4) is 0 Å². The molecule has 0 aromatic rings. The highest BCUT2D eigenvalue weighted by molar-refractivity contribution is 5.40. The Morgan fingerprint density at radius 2 is 1.97 bits per heavy atom. The summed E-state index contributed by atoms with van der Waals surface area (Å²) in [4.78, 5) is 0. The monoisotopic (exact) mass is 440 g/mol. The molecule has 178 valence electrons. The van der Waals surface area contributed by atoms with Crippen LogP contribution in [0, 0.1) is 17.3 Å². The van der Waals surface area contributed by atoms with Crippen LogP contribution in [0.5, 0.6) is 0 Å². The van der Waals surface area contributed by atoms with Crippen LogP contribution >= 0.6 is 0 Å². The summed E-state index contributed by atoms with van der Waals surface area (Å²) in [6.45, 7) is 12.9. The summed E-state index contributed by atoms with van der Waals surface area (Å²) >= 11 is 0. The second-order valence-electron chi connectivity index (χ2n) is 10.6. The molecule has 0 aliphatic heterocycles. The van der Waals surface area contributed by atoms with Crippen LogP contribution in [0.3, 0.4) is 0 Å². The van der Waals surface area contributed by atoms with E-state index in [0.717, 1.165) is 43.3 Å². The molecule has 0 saturated heterocycles. The standard InChI is InChI=1S/C29H44O3/c1-6-29(32,7-2)17-8-10-20(3)25-14-15-26-22(11-9-16-28(25,26)5)12-13-23-18-24(30)19-27(31)21(23)4/h8,10,12-14,20,24,26-27,30-32H,4,6-7,9,11,15-19H2,1-3,5H3/b10-8+,22-12-,23-13+. The van der Waals surface area contributed by atoms with Gasteiger partial charge in [-0.3, -0.25) is 0 Å². The van der Waals surface area contributed by atoms with Crippen LogP contribution in [0.1, 0.15) is 85.5 Å². The molecule has 0 radical (unpaired) electrons. The topological polar surface area (TPSA) is 60.7 Å². The van der Waals surface area contributed by atoms with E-state index in [1.54, 1.807) is 5.57 Å². The molecule has 32 heavy (non-hydrogen) atoms. The van der Waals surface area contributed by atoms with E-state index in [9.17, 15) is 15.3 Å². The van der Waals surface area contributed by atoms with E-state index in [2.05, 4.69) is 64.7 Å². The smallest absolute Gasteiger partial charge is 0.0811 e. The molecule has 3 aliphatic rings. The first-order valence-corrected chi connectivity index (χ1v) is 12.7. The van der Waals surface area contributed by atoms with Crippen molar-refractivity contribution in [1.82, 2.24) is 0 Å². The molecule has 3 N–H and O–H groups in total. The second-order valence-corrected chi connectivity index (χ2v) is 10.6. The fourth-order valence-corrected chi connectivity index (χ4v) is 6.16. The summed E-state index contributed by atoms with van der Waals surface area (Å²) in [6, 6.07) is 0. The van der Waals surface area contributed by atoms with Crippen molar-refractivity contribution < 1.29 is 15.3 Å². The Kier molecular flexibility index (Phi) is 8.06. The van der Waals surface area contributed by atoms with Gasteiger partial charge >= 0.3 is 0 Å². The summed E-state index contributed by atoms with van der Waals surface area (Å²) in [5.74, 6) is 0.901. The van der Waals surface area contributed by atoms with Crippen LogP contribution in [0.2, 0.25) is 0 Å². The Hall–Kier alpha value is -1.42. The Labute approximate surface area is 195 Å². The maximum absolute atomic E-state index is 10.6. The van der Waals surface area contributed by atoms with Crippen LogP contribution in [0.15, 0.2) is 59.3 Å². The molecule has 3 aliphatic carbocycles. The van der Waals surface area contributed by atoms with Gasteiger partial charge in [0.1, 0.15) is 0 Å². The zero-order chi connectivity index (χ0) is 23.5. The molecule has 2 fully saturated rings. The SMILES string of the molecule is C=C1/C(=C/C=C2/CCCC3(C)C(C(C)/C=C/CC(O)(CC)CC)=CCC23)CC(O)CC1O. The summed E-state index contributed by atoms with van der Waals surface area (Å²) in [5.41, 5.74) is 4.38. The number of aliphatic hydroxyl groups excluding tert-OH is 2. The second kappa shape index (κ2) is 10.2. The fraction of sp³-hybridized carbons (Fsp3) is 0.655.